The van der Waals surface area contributed by atoms with Gasteiger partial charge in [-0.2, -0.15) is 0 Å². The van der Waals surface area contributed by atoms with E-state index < -0.39 is 0 Å². The van der Waals surface area contributed by atoms with Gasteiger partial charge in [-0.05, 0) is 41.3 Å². The number of hydrogen-bond acceptors (Lipinski definition) is 3. The summed E-state index contributed by atoms with van der Waals surface area (Å²) < 4.78 is 4.81. The molecule has 0 aliphatic carbocycles. The lowest BCUT2D eigenvalue weighted by atomic mass is 9.94. The van der Waals surface area contributed by atoms with Crippen LogP contribution in [0.5, 0.6) is 0 Å². The van der Waals surface area contributed by atoms with E-state index in [0.717, 1.165) is 22.3 Å². The summed E-state index contributed by atoms with van der Waals surface area (Å²) in [6.07, 6.45) is 0. The number of aliphatic hydroxyl groups is 1. The first-order chi connectivity index (χ1) is 9.17. The summed E-state index contributed by atoms with van der Waals surface area (Å²) in [7, 11) is 1.36. The van der Waals surface area contributed by atoms with Crippen LogP contribution >= 0.6 is 0 Å². The molecule has 3 nitrogen and oxygen atoms in total. The molecule has 0 aliphatic rings. The lowest BCUT2D eigenvalue weighted by molar-refractivity contribution is 0.0601. The molecule has 0 amide bonds. The van der Waals surface area contributed by atoms with Gasteiger partial charge in [-0.15, -0.1) is 0 Å². The quantitative estimate of drug-likeness (QED) is 0.859. The minimum absolute atomic E-state index is 0.0552. The number of methoxy groups -OCH3 is 1. The van der Waals surface area contributed by atoms with Crippen LogP contribution in [-0.4, -0.2) is 18.2 Å². The molecule has 3 heteroatoms. The third kappa shape index (κ3) is 2.66. The fraction of sp³-hybridized carbons (Fsp3) is 0.188. The SMILES string of the molecule is COC(=O)c1ccc(CO)cc1-c1ccccc1C. The maximum atomic E-state index is 11.8. The molecule has 0 fully saturated rings. The van der Waals surface area contributed by atoms with Gasteiger partial charge < -0.3 is 9.84 Å². The van der Waals surface area contributed by atoms with Gasteiger partial charge in [0.05, 0.1) is 19.3 Å². The molecule has 0 radical (unpaired) electrons. The molecular formula is C16H16O3. The molecule has 0 bridgehead atoms. The molecule has 2 aromatic rings. The van der Waals surface area contributed by atoms with Crippen molar-refractivity contribution >= 4 is 5.97 Å². The highest BCUT2D eigenvalue weighted by atomic mass is 16.5. The largest absolute Gasteiger partial charge is 0.465 e. The Morgan fingerprint density at radius 2 is 1.89 bits per heavy atom. The third-order valence-corrected chi connectivity index (χ3v) is 3.11. The van der Waals surface area contributed by atoms with Crippen molar-refractivity contribution < 1.29 is 14.6 Å². The molecule has 1 N–H and O–H groups in total. The van der Waals surface area contributed by atoms with Crippen molar-refractivity contribution in [3.8, 4) is 11.1 Å². The van der Waals surface area contributed by atoms with Crippen molar-refractivity contribution in [1.82, 2.24) is 0 Å². The summed E-state index contributed by atoms with van der Waals surface area (Å²) in [5.74, 6) is -0.372. The minimum atomic E-state index is -0.372. The van der Waals surface area contributed by atoms with Crippen molar-refractivity contribution in [2.24, 2.45) is 0 Å². The molecule has 0 aromatic heterocycles. The smallest absolute Gasteiger partial charge is 0.338 e. The average molecular weight is 256 g/mol. The highest BCUT2D eigenvalue weighted by molar-refractivity contribution is 5.97. The topological polar surface area (TPSA) is 46.5 Å². The van der Waals surface area contributed by atoms with Crippen molar-refractivity contribution in [1.29, 1.82) is 0 Å². The number of ether oxygens (including phenoxy) is 1. The molecule has 98 valence electrons. The van der Waals surface area contributed by atoms with Gasteiger partial charge in [0, 0.05) is 0 Å². The number of hydrogen-bond donors (Lipinski definition) is 1. The van der Waals surface area contributed by atoms with E-state index in [4.69, 9.17) is 4.74 Å². The Labute approximate surface area is 112 Å². The highest BCUT2D eigenvalue weighted by Gasteiger charge is 2.15. The zero-order valence-corrected chi connectivity index (χ0v) is 11.0. The van der Waals surface area contributed by atoms with Crippen LogP contribution in [0.1, 0.15) is 21.5 Å². The first-order valence-corrected chi connectivity index (χ1v) is 6.05. The van der Waals surface area contributed by atoms with Gasteiger partial charge in [0.25, 0.3) is 0 Å². The molecule has 0 heterocycles. The molecule has 2 rings (SSSR count). The number of rotatable bonds is 3. The van der Waals surface area contributed by atoms with E-state index in [1.165, 1.54) is 7.11 Å². The first-order valence-electron chi connectivity index (χ1n) is 6.05. The molecule has 0 atom stereocenters. The lowest BCUT2D eigenvalue weighted by Crippen LogP contribution is -2.04. The van der Waals surface area contributed by atoms with Crippen LogP contribution in [0.3, 0.4) is 0 Å². The van der Waals surface area contributed by atoms with Gasteiger partial charge >= 0.3 is 5.97 Å². The zero-order valence-electron chi connectivity index (χ0n) is 11.0. The standard InChI is InChI=1S/C16H16O3/c1-11-5-3-4-6-13(11)15-9-12(10-17)7-8-14(15)16(18)19-2/h3-9,17H,10H2,1-2H3. The number of benzene rings is 2. The molecule has 0 saturated carbocycles. The van der Waals surface area contributed by atoms with Gasteiger partial charge in [-0.3, -0.25) is 0 Å². The molecule has 19 heavy (non-hydrogen) atoms. The fourth-order valence-corrected chi connectivity index (χ4v) is 2.08. The summed E-state index contributed by atoms with van der Waals surface area (Å²) >= 11 is 0. The van der Waals surface area contributed by atoms with Crippen LogP contribution < -0.4 is 0 Å². The van der Waals surface area contributed by atoms with Crippen molar-refractivity contribution in [3.63, 3.8) is 0 Å². The van der Waals surface area contributed by atoms with Gasteiger partial charge in [0.15, 0.2) is 0 Å². The van der Waals surface area contributed by atoms with E-state index in [1.54, 1.807) is 12.1 Å². The first kappa shape index (κ1) is 13.3. The molecular weight excluding hydrogens is 240 g/mol. The zero-order chi connectivity index (χ0) is 13.8. The highest BCUT2D eigenvalue weighted by Crippen LogP contribution is 2.28. The van der Waals surface area contributed by atoms with Crippen molar-refractivity contribution in [2.45, 2.75) is 13.5 Å². The molecule has 0 aliphatic heterocycles. The lowest BCUT2D eigenvalue weighted by Gasteiger charge is -2.12. The monoisotopic (exact) mass is 256 g/mol. The second-order valence-electron chi connectivity index (χ2n) is 4.34. The third-order valence-electron chi connectivity index (χ3n) is 3.11. The predicted octanol–water partition coefficient (Wildman–Crippen LogP) is 2.94. The predicted molar refractivity (Wildman–Crippen MR) is 73.9 cm³/mol. The van der Waals surface area contributed by atoms with Crippen LogP contribution in [0.2, 0.25) is 0 Å². The van der Waals surface area contributed by atoms with E-state index in [9.17, 15) is 9.90 Å². The maximum Gasteiger partial charge on any atom is 0.338 e. The molecule has 0 spiro atoms. The summed E-state index contributed by atoms with van der Waals surface area (Å²) in [6.45, 7) is 1.93. The normalized spacial score (nSPS) is 10.3. The molecule has 2 aromatic carbocycles. The number of carbonyl (C=O) groups is 1. The van der Waals surface area contributed by atoms with Gasteiger partial charge in [0.1, 0.15) is 0 Å². The Morgan fingerprint density at radius 1 is 1.16 bits per heavy atom. The Bertz CT molecular complexity index is 603. The molecule has 0 saturated heterocycles. The van der Waals surface area contributed by atoms with Crippen molar-refractivity contribution in [2.75, 3.05) is 7.11 Å². The Morgan fingerprint density at radius 3 is 2.53 bits per heavy atom. The number of carbonyl (C=O) groups excluding carboxylic acids is 1. The Hall–Kier alpha value is -2.13. The molecule has 0 unspecified atom stereocenters. The number of esters is 1. The summed E-state index contributed by atoms with van der Waals surface area (Å²) in [5, 5.41) is 9.25. The van der Waals surface area contributed by atoms with Crippen LogP contribution in [0.4, 0.5) is 0 Å². The van der Waals surface area contributed by atoms with Crippen LogP contribution in [0, 0.1) is 6.92 Å². The van der Waals surface area contributed by atoms with Crippen LogP contribution in [0.25, 0.3) is 11.1 Å². The minimum Gasteiger partial charge on any atom is -0.465 e. The second kappa shape index (κ2) is 5.67. The second-order valence-corrected chi connectivity index (χ2v) is 4.34. The average Bonchev–Trinajstić information content (AvgIpc) is 2.46. The summed E-state index contributed by atoms with van der Waals surface area (Å²) in [4.78, 5) is 11.8. The maximum absolute atomic E-state index is 11.8. The van der Waals surface area contributed by atoms with Gasteiger partial charge in [-0.1, -0.05) is 30.3 Å². The van der Waals surface area contributed by atoms with Crippen molar-refractivity contribution in [3.05, 3.63) is 59.2 Å². The van der Waals surface area contributed by atoms with E-state index in [0.29, 0.717) is 5.56 Å². The summed E-state index contributed by atoms with van der Waals surface area (Å²) in [5.41, 5.74) is 4.11. The van der Waals surface area contributed by atoms with Crippen LogP contribution in [0.15, 0.2) is 42.5 Å². The van der Waals surface area contributed by atoms with E-state index in [1.807, 2.05) is 37.3 Å². The van der Waals surface area contributed by atoms with Gasteiger partial charge in [0.2, 0.25) is 0 Å². The van der Waals surface area contributed by atoms with E-state index in [-0.39, 0.29) is 12.6 Å². The van der Waals surface area contributed by atoms with Crippen LogP contribution in [-0.2, 0) is 11.3 Å². The fourth-order valence-electron chi connectivity index (χ4n) is 2.08. The summed E-state index contributed by atoms with van der Waals surface area (Å²) in [6, 6.07) is 13.1. The van der Waals surface area contributed by atoms with E-state index >= 15 is 0 Å². The number of aryl methyl sites for hydroxylation is 1. The Kier molecular flexibility index (Phi) is 3.97. The van der Waals surface area contributed by atoms with Gasteiger partial charge in [-0.25, -0.2) is 4.79 Å². The Balaban J connectivity index is 2.65. The van der Waals surface area contributed by atoms with E-state index in [2.05, 4.69) is 0 Å². The number of aliphatic hydroxyl groups excluding tert-OH is 1.